The quantitative estimate of drug-likeness (QED) is 0.0643. The highest BCUT2D eigenvalue weighted by atomic mass is 32.2. The molecule has 62 heavy (non-hydrogen) atoms. The minimum absolute atomic E-state index is 0.0103. The Hall–Kier alpha value is -4.33. The Balaban J connectivity index is 1.42. The third-order valence-electron chi connectivity index (χ3n) is 13.4. The lowest BCUT2D eigenvalue weighted by Crippen LogP contribution is -2.75. The number of aliphatic hydroxyl groups is 2. The Bertz CT molecular complexity index is 2300. The van der Waals surface area contributed by atoms with Crippen molar-refractivity contribution in [3.8, 4) is 17.2 Å². The van der Waals surface area contributed by atoms with Gasteiger partial charge in [-0.3, -0.25) is 9.59 Å². The van der Waals surface area contributed by atoms with E-state index in [0.717, 1.165) is 57.0 Å². The largest absolute Gasteiger partial charge is 0.491 e. The number of ketones is 1. The van der Waals surface area contributed by atoms with Gasteiger partial charge in [0.1, 0.15) is 29.5 Å². The smallest absolute Gasteiger partial charge is 0.246 e. The monoisotopic (exact) mass is 865 g/mol. The van der Waals surface area contributed by atoms with Crippen molar-refractivity contribution in [3.05, 3.63) is 87.6 Å². The van der Waals surface area contributed by atoms with E-state index in [4.69, 9.17) is 18.9 Å². The van der Waals surface area contributed by atoms with Crippen molar-refractivity contribution in [1.29, 1.82) is 0 Å². The molecule has 0 radical (unpaired) electrons. The maximum atomic E-state index is 15.6. The summed E-state index contributed by atoms with van der Waals surface area (Å²) >= 11 is 1.71. The summed E-state index contributed by atoms with van der Waals surface area (Å²) in [6.07, 6.45) is 13.3. The number of benzene rings is 2. The number of amides is 1. The Morgan fingerprint density at radius 3 is 2.48 bits per heavy atom. The third-order valence-corrected chi connectivity index (χ3v) is 14.9. The van der Waals surface area contributed by atoms with E-state index in [-0.39, 0.29) is 49.0 Å². The topological polar surface area (TPSA) is 148 Å². The zero-order valence-electron chi connectivity index (χ0n) is 37.5. The minimum Gasteiger partial charge on any atom is -0.491 e. The van der Waals surface area contributed by atoms with E-state index in [9.17, 15) is 15.0 Å². The van der Waals surface area contributed by atoms with Crippen LogP contribution in [0, 0.1) is 11.8 Å². The van der Waals surface area contributed by atoms with E-state index in [1.165, 1.54) is 5.57 Å². The van der Waals surface area contributed by atoms with Gasteiger partial charge in [0.15, 0.2) is 17.0 Å². The van der Waals surface area contributed by atoms with Crippen LogP contribution in [0.15, 0.2) is 75.8 Å². The van der Waals surface area contributed by atoms with Crippen LogP contribution < -0.4 is 30.2 Å². The molecule has 3 saturated carbocycles. The molecule has 2 aromatic rings. The van der Waals surface area contributed by atoms with Gasteiger partial charge in [-0.05, 0) is 105 Å². The van der Waals surface area contributed by atoms with Crippen molar-refractivity contribution in [2.24, 2.45) is 11.8 Å². The van der Waals surface area contributed by atoms with Crippen LogP contribution >= 0.6 is 11.8 Å². The highest BCUT2D eigenvalue weighted by molar-refractivity contribution is 8.00. The number of Topliss-reactive ketones (excluding diaryl/α,β-unsaturated/α-hetero) is 1. The fourth-order valence-corrected chi connectivity index (χ4v) is 12.1. The van der Waals surface area contributed by atoms with Gasteiger partial charge < -0.3 is 45.1 Å². The summed E-state index contributed by atoms with van der Waals surface area (Å²) in [5.41, 5.74) is 3.91. The zero-order chi connectivity index (χ0) is 44.2. The van der Waals surface area contributed by atoms with Gasteiger partial charge >= 0.3 is 0 Å². The number of anilines is 1. The minimum atomic E-state index is -1.48. The van der Waals surface area contributed by atoms with E-state index in [1.54, 1.807) is 18.7 Å². The molecule has 3 aliphatic carbocycles. The van der Waals surface area contributed by atoms with Gasteiger partial charge in [0.2, 0.25) is 5.91 Å². The molecule has 6 atom stereocenters. The van der Waals surface area contributed by atoms with Crippen molar-refractivity contribution in [1.82, 2.24) is 10.6 Å². The summed E-state index contributed by atoms with van der Waals surface area (Å²) in [6, 6.07) is 8.26. The molecule has 9 rings (SSSR count). The molecule has 4 bridgehead atoms. The average Bonchev–Trinajstić information content (AvgIpc) is 3.31. The number of hydrogen-bond acceptors (Lipinski definition) is 11. The van der Waals surface area contributed by atoms with E-state index < -0.39 is 28.3 Å². The van der Waals surface area contributed by atoms with Crippen LogP contribution in [0.3, 0.4) is 0 Å². The molecular formula is C50H63N3O8S. The standard InChI is InChI=1S/C50H63N3O8S/c1-29(2)12-11-19-48(8)20-18-33-41(59-48)32(16-15-30(3)4)43-38(42(33)58-27-24-51-22-25-54)40-39-44(62-36-14-10-9-13-35(36)53-40)34-28-37-47(6,7)61-49(45(34)56,50(37,39)60-43)21-17-31(5)46(57)52-23-26-55/h9-10,12-15,17-18,20,34,37,44,51,53-55H,11,16,19,21-28H2,1-8H3,(H,52,57)/b31-17-. The summed E-state index contributed by atoms with van der Waals surface area (Å²) in [5, 5.41) is 28.7. The molecule has 4 heterocycles. The van der Waals surface area contributed by atoms with Gasteiger partial charge in [-0.15, -0.1) is 11.8 Å². The number of aliphatic hydroxyl groups excluding tert-OH is 2. The van der Waals surface area contributed by atoms with Crippen molar-refractivity contribution in [2.45, 2.75) is 120 Å². The van der Waals surface area contributed by atoms with Gasteiger partial charge in [0.05, 0.1) is 41.3 Å². The van der Waals surface area contributed by atoms with Crippen molar-refractivity contribution in [3.63, 3.8) is 0 Å². The molecule has 11 nitrogen and oxygen atoms in total. The lowest BCUT2D eigenvalue weighted by molar-refractivity contribution is -0.176. The molecule has 2 aromatic carbocycles. The fourth-order valence-electron chi connectivity index (χ4n) is 10.6. The first-order valence-corrected chi connectivity index (χ1v) is 23.1. The number of para-hydroxylation sites is 1. The molecule has 1 spiro atoms. The molecule has 7 aliphatic rings. The Labute approximate surface area is 370 Å². The summed E-state index contributed by atoms with van der Waals surface area (Å²) in [4.78, 5) is 29.9. The first-order chi connectivity index (χ1) is 29.6. The van der Waals surface area contributed by atoms with Gasteiger partial charge in [-0.25, -0.2) is 0 Å². The summed E-state index contributed by atoms with van der Waals surface area (Å²) in [5.74, 6) is 0.966. The second-order valence-electron chi connectivity index (χ2n) is 18.8. The van der Waals surface area contributed by atoms with Crippen LogP contribution in [0.5, 0.6) is 17.2 Å². The van der Waals surface area contributed by atoms with Crippen LogP contribution in [-0.2, 0) is 20.7 Å². The first kappa shape index (κ1) is 44.3. The van der Waals surface area contributed by atoms with Crippen LogP contribution in [0.1, 0.15) is 97.8 Å². The summed E-state index contributed by atoms with van der Waals surface area (Å²) < 4.78 is 29.4. The number of ether oxygens (including phenoxy) is 4. The number of carbonyl (C=O) groups excluding carboxylic acids is 2. The molecule has 6 unspecified atom stereocenters. The van der Waals surface area contributed by atoms with Crippen LogP contribution in [0.25, 0.3) is 11.8 Å². The van der Waals surface area contributed by atoms with E-state index in [2.05, 4.69) is 101 Å². The number of carbonyl (C=O) groups is 2. The SMILES string of the molecule is CC(C)=CCCC1(C)C=Cc2c(c(CC=C(C)C)c3c(c2OCCNCCO)C2=C4C(Sc5ccccc5N2)C2CC5C(C)(C)OC(C/C=C(/C)C(=O)NCCO)(C2=O)C45O3)O1. The number of hydrogen-bond donors (Lipinski definition) is 5. The maximum Gasteiger partial charge on any atom is 0.246 e. The number of nitrogens with one attached hydrogen (secondary N) is 3. The van der Waals surface area contributed by atoms with Gasteiger partial charge in [0, 0.05) is 64.7 Å². The molecule has 4 aliphatic heterocycles. The molecule has 5 N–H and O–H groups in total. The molecular weight excluding hydrogens is 803 g/mol. The third kappa shape index (κ3) is 7.33. The zero-order valence-corrected chi connectivity index (χ0v) is 38.3. The van der Waals surface area contributed by atoms with Gasteiger partial charge in [-0.1, -0.05) is 41.5 Å². The first-order valence-electron chi connectivity index (χ1n) is 22.2. The molecule has 0 aromatic heterocycles. The number of allylic oxidation sites excluding steroid dienone is 4. The van der Waals surface area contributed by atoms with Crippen molar-refractivity contribution < 1.29 is 38.7 Å². The highest BCUT2D eigenvalue weighted by Gasteiger charge is 2.83. The van der Waals surface area contributed by atoms with Gasteiger partial charge in [0.25, 0.3) is 0 Å². The predicted octanol–water partition coefficient (Wildman–Crippen LogP) is 7.71. The lowest BCUT2D eigenvalue weighted by atomic mass is 9.49. The van der Waals surface area contributed by atoms with Crippen molar-refractivity contribution in [2.75, 3.05) is 44.8 Å². The van der Waals surface area contributed by atoms with Crippen molar-refractivity contribution >= 4 is 40.9 Å². The lowest BCUT2D eigenvalue weighted by Gasteiger charge is -2.61. The van der Waals surface area contributed by atoms with E-state index in [1.807, 2.05) is 18.2 Å². The van der Waals surface area contributed by atoms with Crippen LogP contribution in [-0.4, -0.2) is 89.0 Å². The predicted molar refractivity (Wildman–Crippen MR) is 245 cm³/mol. The summed E-state index contributed by atoms with van der Waals surface area (Å²) in [6.45, 7) is 17.6. The Kier molecular flexibility index (Phi) is 12.1. The normalized spacial score (nSPS) is 28.0. The number of thioether (sulfide) groups is 1. The molecule has 1 amide bonds. The molecule has 332 valence electrons. The highest BCUT2D eigenvalue weighted by Crippen LogP contribution is 2.73. The fraction of sp³-hybridized carbons (Fsp3) is 0.520. The average molecular weight is 866 g/mol. The summed E-state index contributed by atoms with van der Waals surface area (Å²) in [7, 11) is 0. The van der Waals surface area contributed by atoms with E-state index >= 15 is 4.79 Å². The molecule has 1 saturated heterocycles. The van der Waals surface area contributed by atoms with Gasteiger partial charge in [-0.2, -0.15) is 0 Å². The Morgan fingerprint density at radius 2 is 1.74 bits per heavy atom. The molecule has 12 heteroatoms. The van der Waals surface area contributed by atoms with E-state index in [0.29, 0.717) is 55.4 Å². The number of rotatable bonds is 16. The number of fused-ring (bicyclic) bond motifs is 4. The second-order valence-corrected chi connectivity index (χ2v) is 20.0. The maximum absolute atomic E-state index is 15.6. The second kappa shape index (κ2) is 17.0. The van der Waals surface area contributed by atoms with Crippen LogP contribution in [0.4, 0.5) is 5.69 Å². The molecule has 4 fully saturated rings. The Morgan fingerprint density at radius 1 is 0.984 bits per heavy atom. The van der Waals surface area contributed by atoms with Crippen LogP contribution in [0.2, 0.25) is 0 Å².